The van der Waals surface area contributed by atoms with E-state index < -0.39 is 5.66 Å². The summed E-state index contributed by atoms with van der Waals surface area (Å²) in [5, 5.41) is 0.902. The first-order valence-electron chi connectivity index (χ1n) is 8.88. The molecule has 1 aliphatic heterocycles. The van der Waals surface area contributed by atoms with Crippen molar-refractivity contribution in [3.63, 3.8) is 0 Å². The van der Waals surface area contributed by atoms with E-state index in [1.807, 2.05) is 0 Å². The van der Waals surface area contributed by atoms with E-state index in [2.05, 4.69) is 4.99 Å². The van der Waals surface area contributed by atoms with Gasteiger partial charge in [-0.15, -0.1) is 0 Å². The number of aliphatic imine (C=N–C) groups is 1. The molecule has 9 heteroatoms. The van der Waals surface area contributed by atoms with Gasteiger partial charge in [0.2, 0.25) is 5.75 Å². The Bertz CT molecular complexity index is 1040. The van der Waals surface area contributed by atoms with Crippen molar-refractivity contribution in [1.29, 1.82) is 0 Å². The minimum absolute atomic E-state index is 0.267. The van der Waals surface area contributed by atoms with E-state index in [1.54, 1.807) is 44.2 Å². The van der Waals surface area contributed by atoms with Gasteiger partial charge in [0.25, 0.3) is 5.91 Å². The van der Waals surface area contributed by atoms with Crippen molar-refractivity contribution >= 4 is 52.0 Å². The van der Waals surface area contributed by atoms with Gasteiger partial charge in [0.1, 0.15) is 16.4 Å². The number of nitrogens with zero attached hydrogens (tertiary/aromatic N) is 2. The Kier molecular flexibility index (Phi) is 6.26. The molecule has 0 saturated carbocycles. The van der Waals surface area contributed by atoms with Crippen LogP contribution in [0.15, 0.2) is 35.3 Å². The fourth-order valence-electron chi connectivity index (χ4n) is 3.26. The largest absolute Gasteiger partial charge is 0.493 e. The molecular formula is C21H20Cl2N2O4S. The molecule has 0 N–H and O–H groups in total. The van der Waals surface area contributed by atoms with Crippen LogP contribution in [0.25, 0.3) is 0 Å². The monoisotopic (exact) mass is 466 g/mol. The maximum absolute atomic E-state index is 13.5. The van der Waals surface area contributed by atoms with Gasteiger partial charge >= 0.3 is 0 Å². The lowest BCUT2D eigenvalue weighted by Crippen LogP contribution is -2.46. The number of thiocarbonyl (C=S) groups is 1. The average molecular weight is 467 g/mol. The van der Waals surface area contributed by atoms with Crippen LogP contribution in [0.3, 0.4) is 0 Å². The number of halogens is 2. The molecule has 6 nitrogen and oxygen atoms in total. The van der Waals surface area contributed by atoms with Crippen molar-refractivity contribution in [2.45, 2.75) is 19.5 Å². The highest BCUT2D eigenvalue weighted by Crippen LogP contribution is 2.40. The summed E-state index contributed by atoms with van der Waals surface area (Å²) in [6.45, 7) is 3.60. The zero-order valence-corrected chi connectivity index (χ0v) is 19.4. The number of benzene rings is 2. The Morgan fingerprint density at radius 3 is 2.13 bits per heavy atom. The topological polar surface area (TPSA) is 60.4 Å². The molecule has 2 aromatic rings. The normalized spacial score (nSPS) is 15.1. The average Bonchev–Trinajstić information content (AvgIpc) is 2.94. The van der Waals surface area contributed by atoms with Gasteiger partial charge in [-0.1, -0.05) is 35.4 Å². The van der Waals surface area contributed by atoms with Gasteiger partial charge in [-0.25, -0.2) is 0 Å². The van der Waals surface area contributed by atoms with Crippen molar-refractivity contribution in [3.8, 4) is 17.2 Å². The van der Waals surface area contributed by atoms with Crippen LogP contribution in [0.5, 0.6) is 17.2 Å². The summed E-state index contributed by atoms with van der Waals surface area (Å²) in [7, 11) is 4.47. The van der Waals surface area contributed by atoms with Crippen LogP contribution in [0.4, 0.5) is 0 Å². The third-order valence-electron chi connectivity index (χ3n) is 4.64. The molecule has 158 valence electrons. The van der Waals surface area contributed by atoms with Crippen LogP contribution in [-0.4, -0.2) is 48.5 Å². The van der Waals surface area contributed by atoms with Crippen molar-refractivity contribution in [1.82, 2.24) is 4.90 Å². The van der Waals surface area contributed by atoms with E-state index >= 15 is 0 Å². The second-order valence-corrected chi connectivity index (χ2v) is 8.17. The lowest BCUT2D eigenvalue weighted by Gasteiger charge is -2.29. The van der Waals surface area contributed by atoms with Crippen molar-refractivity contribution < 1.29 is 19.0 Å². The van der Waals surface area contributed by atoms with Gasteiger partial charge in [-0.2, -0.15) is 0 Å². The number of carbonyl (C=O) groups excluding carboxylic acids is 1. The predicted molar refractivity (Wildman–Crippen MR) is 122 cm³/mol. The number of hydrogen-bond acceptors (Lipinski definition) is 6. The van der Waals surface area contributed by atoms with Gasteiger partial charge in [0, 0.05) is 16.1 Å². The SMILES string of the molecule is COc1cc(C(=O)N2C(=S)C(c3ccc(Cl)cc3Cl)=NC2(C)C)cc(OC)c1OC. The second-order valence-electron chi connectivity index (χ2n) is 6.94. The third-order valence-corrected chi connectivity index (χ3v) is 5.56. The van der Waals surface area contributed by atoms with E-state index in [9.17, 15) is 4.79 Å². The highest BCUT2D eigenvalue weighted by molar-refractivity contribution is 7.82. The third kappa shape index (κ3) is 3.85. The number of ether oxygens (including phenoxy) is 3. The van der Waals surface area contributed by atoms with Crippen molar-refractivity contribution in [2.24, 2.45) is 4.99 Å². The van der Waals surface area contributed by atoms with Crippen LogP contribution in [0.2, 0.25) is 10.0 Å². The summed E-state index contributed by atoms with van der Waals surface area (Å²) in [5.74, 6) is 0.771. The standard InChI is InChI=1S/C21H20Cl2N2O4S/c1-21(2)24-17(13-7-6-12(22)10-14(13)23)20(30)25(21)19(26)11-8-15(27-3)18(29-5)16(9-11)28-4/h6-10H,1-5H3. The molecule has 1 amide bonds. The van der Waals surface area contributed by atoms with Crippen molar-refractivity contribution in [2.75, 3.05) is 21.3 Å². The molecule has 0 fully saturated rings. The van der Waals surface area contributed by atoms with Gasteiger partial charge < -0.3 is 14.2 Å². The van der Waals surface area contributed by atoms with Gasteiger partial charge in [-0.05, 0) is 44.2 Å². The maximum Gasteiger partial charge on any atom is 0.261 e. The number of amides is 1. The summed E-state index contributed by atoms with van der Waals surface area (Å²) in [5.41, 5.74) is 0.461. The van der Waals surface area contributed by atoms with Gasteiger partial charge in [0.15, 0.2) is 11.5 Å². The maximum atomic E-state index is 13.5. The highest BCUT2D eigenvalue weighted by Gasteiger charge is 2.43. The molecule has 0 aromatic heterocycles. The number of carbonyl (C=O) groups is 1. The van der Waals surface area contributed by atoms with Crippen LogP contribution in [0, 0.1) is 0 Å². The summed E-state index contributed by atoms with van der Waals surface area (Å²) < 4.78 is 16.1. The molecule has 0 spiro atoms. The molecule has 0 atom stereocenters. The number of hydrogen-bond donors (Lipinski definition) is 0. The molecule has 1 heterocycles. The molecular weight excluding hydrogens is 447 g/mol. The molecule has 0 radical (unpaired) electrons. The first-order valence-corrected chi connectivity index (χ1v) is 10.0. The summed E-state index contributed by atoms with van der Waals surface area (Å²) >= 11 is 18.0. The molecule has 1 aliphatic rings. The van der Waals surface area contributed by atoms with Crippen LogP contribution >= 0.6 is 35.4 Å². The zero-order valence-electron chi connectivity index (χ0n) is 17.1. The fourth-order valence-corrected chi connectivity index (χ4v) is 4.22. The summed E-state index contributed by atoms with van der Waals surface area (Å²) in [6, 6.07) is 8.20. The van der Waals surface area contributed by atoms with Crippen molar-refractivity contribution in [3.05, 3.63) is 51.5 Å². The Hall–Kier alpha value is -2.35. The van der Waals surface area contributed by atoms with E-state index in [1.165, 1.54) is 26.2 Å². The zero-order chi connectivity index (χ0) is 22.2. The Morgan fingerprint density at radius 2 is 1.63 bits per heavy atom. The quantitative estimate of drug-likeness (QED) is 0.578. The first-order chi connectivity index (χ1) is 14.1. The smallest absolute Gasteiger partial charge is 0.261 e. The van der Waals surface area contributed by atoms with Gasteiger partial charge in [0.05, 0.1) is 26.4 Å². The van der Waals surface area contributed by atoms with Crippen LogP contribution in [0.1, 0.15) is 29.8 Å². The Labute approximate surface area is 190 Å². The first kappa shape index (κ1) is 22.3. The fraction of sp³-hybridized carbons (Fsp3) is 0.286. The van der Waals surface area contributed by atoms with E-state index in [-0.39, 0.29) is 10.9 Å². The highest BCUT2D eigenvalue weighted by atomic mass is 35.5. The summed E-state index contributed by atoms with van der Waals surface area (Å²) in [6.07, 6.45) is 0. The van der Waals surface area contributed by atoms with E-state index in [0.717, 1.165) is 0 Å². The molecule has 0 unspecified atom stereocenters. The molecule has 30 heavy (non-hydrogen) atoms. The summed E-state index contributed by atoms with van der Waals surface area (Å²) in [4.78, 5) is 19.9. The number of rotatable bonds is 5. The minimum Gasteiger partial charge on any atom is -0.493 e. The molecule has 0 aliphatic carbocycles. The predicted octanol–water partition coefficient (Wildman–Crippen LogP) is 5.03. The molecule has 0 bridgehead atoms. The van der Waals surface area contributed by atoms with Gasteiger partial charge in [-0.3, -0.25) is 14.7 Å². The van der Waals surface area contributed by atoms with E-state index in [4.69, 9.17) is 49.6 Å². The van der Waals surface area contributed by atoms with E-state index in [0.29, 0.717) is 44.1 Å². The Balaban J connectivity index is 2.04. The number of methoxy groups -OCH3 is 3. The molecule has 0 saturated heterocycles. The lowest BCUT2D eigenvalue weighted by molar-refractivity contribution is 0.0757. The molecule has 3 rings (SSSR count). The van der Waals surface area contributed by atoms with Crippen LogP contribution in [-0.2, 0) is 0 Å². The van der Waals surface area contributed by atoms with Crippen LogP contribution < -0.4 is 14.2 Å². The second kappa shape index (κ2) is 8.41. The Morgan fingerprint density at radius 1 is 1.03 bits per heavy atom. The lowest BCUT2D eigenvalue weighted by atomic mass is 10.1. The molecule has 2 aromatic carbocycles. The minimum atomic E-state index is -0.924.